The van der Waals surface area contributed by atoms with E-state index in [4.69, 9.17) is 4.74 Å². The average Bonchev–Trinajstić information content (AvgIpc) is 2.42. The Morgan fingerprint density at radius 1 is 1.12 bits per heavy atom. The van der Waals surface area contributed by atoms with E-state index in [1.165, 1.54) is 12.1 Å². The molecule has 140 valence electrons. The molecule has 1 aromatic carbocycles. The molecule has 0 bridgehead atoms. The minimum atomic E-state index is -4.63. The van der Waals surface area contributed by atoms with Crippen LogP contribution in [-0.2, 0) is 19.6 Å². The summed E-state index contributed by atoms with van der Waals surface area (Å²) in [5.74, 6) is -0.877. The lowest BCUT2D eigenvalue weighted by atomic mass is 10.1. The van der Waals surface area contributed by atoms with Gasteiger partial charge in [0.15, 0.2) is 5.25 Å². The van der Waals surface area contributed by atoms with Crippen LogP contribution in [0.5, 0.6) is 0 Å². The van der Waals surface area contributed by atoms with Crippen LogP contribution in [-0.4, -0.2) is 43.7 Å². The molecule has 0 aromatic heterocycles. The van der Waals surface area contributed by atoms with Gasteiger partial charge in [-0.2, -0.15) is 8.42 Å². The van der Waals surface area contributed by atoms with Crippen molar-refractivity contribution in [3.05, 3.63) is 35.4 Å². The van der Waals surface area contributed by atoms with Crippen molar-refractivity contribution in [2.45, 2.75) is 38.5 Å². The third kappa shape index (κ3) is 7.53. The van der Waals surface area contributed by atoms with Crippen molar-refractivity contribution in [3.8, 4) is 0 Å². The Morgan fingerprint density at radius 3 is 2.12 bits per heavy atom. The zero-order valence-electron chi connectivity index (χ0n) is 14.7. The standard InChI is InChI=1S/C16H24N2O6S/c1-11-5-7-12(8-6-11)13(25(21,22)23)14(19)17-9-10-18-15(20)24-16(2,3)4/h5-8,13H,9-10H2,1-4H3,(H,17,19)(H,18,20)(H,21,22,23). The van der Waals surface area contributed by atoms with Crippen molar-refractivity contribution in [3.63, 3.8) is 0 Å². The molecule has 1 aromatic rings. The molecule has 3 N–H and O–H groups in total. The maximum absolute atomic E-state index is 12.2. The molecular weight excluding hydrogens is 348 g/mol. The third-order valence-electron chi connectivity index (χ3n) is 3.01. The molecule has 1 unspecified atom stereocenters. The van der Waals surface area contributed by atoms with Gasteiger partial charge in [0.1, 0.15) is 5.60 Å². The van der Waals surface area contributed by atoms with Crippen LogP contribution in [0, 0.1) is 6.92 Å². The van der Waals surface area contributed by atoms with Crippen LogP contribution >= 0.6 is 0 Å². The maximum atomic E-state index is 12.2. The lowest BCUT2D eigenvalue weighted by Crippen LogP contribution is -2.40. The first-order valence-electron chi connectivity index (χ1n) is 7.67. The molecule has 1 atom stereocenters. The summed E-state index contributed by atoms with van der Waals surface area (Å²) in [5.41, 5.74) is 0.403. The Balaban J connectivity index is 2.63. The van der Waals surface area contributed by atoms with Crippen LogP contribution in [0.15, 0.2) is 24.3 Å². The van der Waals surface area contributed by atoms with Crippen LogP contribution in [0.3, 0.4) is 0 Å². The monoisotopic (exact) mass is 372 g/mol. The first kappa shape index (κ1) is 20.9. The summed E-state index contributed by atoms with van der Waals surface area (Å²) in [5, 5.41) is 3.08. The second kappa shape index (κ2) is 8.30. The molecule has 0 aliphatic heterocycles. The van der Waals surface area contributed by atoms with Crippen LogP contribution in [0.25, 0.3) is 0 Å². The second-order valence-electron chi connectivity index (χ2n) is 6.53. The van der Waals surface area contributed by atoms with E-state index in [1.807, 2.05) is 6.92 Å². The summed E-state index contributed by atoms with van der Waals surface area (Å²) >= 11 is 0. The van der Waals surface area contributed by atoms with Gasteiger partial charge in [-0.25, -0.2) is 4.79 Å². The molecule has 1 rings (SSSR count). The number of ether oxygens (including phenoxy) is 1. The fourth-order valence-corrected chi connectivity index (χ4v) is 2.81. The number of benzene rings is 1. The largest absolute Gasteiger partial charge is 0.444 e. The van der Waals surface area contributed by atoms with Crippen LogP contribution in [0.4, 0.5) is 4.79 Å². The molecule has 9 heteroatoms. The highest BCUT2D eigenvalue weighted by Crippen LogP contribution is 2.22. The van der Waals surface area contributed by atoms with Crippen molar-refractivity contribution in [1.82, 2.24) is 10.6 Å². The molecule has 0 saturated carbocycles. The number of hydrogen-bond acceptors (Lipinski definition) is 5. The quantitative estimate of drug-likeness (QED) is 0.515. The van der Waals surface area contributed by atoms with E-state index >= 15 is 0 Å². The minimum Gasteiger partial charge on any atom is -0.444 e. The first-order valence-corrected chi connectivity index (χ1v) is 9.18. The Kier molecular flexibility index (Phi) is 6.95. The van der Waals surface area contributed by atoms with Gasteiger partial charge in [0.2, 0.25) is 5.91 Å². The number of alkyl carbamates (subject to hydrolysis) is 1. The summed E-state index contributed by atoms with van der Waals surface area (Å²) in [6, 6.07) is 6.22. The van der Waals surface area contributed by atoms with Gasteiger partial charge in [-0.3, -0.25) is 9.35 Å². The highest BCUT2D eigenvalue weighted by molar-refractivity contribution is 7.86. The van der Waals surface area contributed by atoms with Crippen molar-refractivity contribution >= 4 is 22.1 Å². The van der Waals surface area contributed by atoms with Crippen LogP contribution < -0.4 is 10.6 Å². The topological polar surface area (TPSA) is 122 Å². The molecule has 0 saturated heterocycles. The Bertz CT molecular complexity index is 707. The van der Waals surface area contributed by atoms with Gasteiger partial charge in [0.05, 0.1) is 0 Å². The molecule has 0 spiro atoms. The molecule has 0 aliphatic rings. The molecule has 8 nitrogen and oxygen atoms in total. The second-order valence-corrected chi connectivity index (χ2v) is 8.03. The minimum absolute atomic E-state index is 0.0179. The Morgan fingerprint density at radius 2 is 1.64 bits per heavy atom. The van der Waals surface area contributed by atoms with Crippen molar-refractivity contribution in [2.75, 3.05) is 13.1 Å². The number of rotatable bonds is 6. The van der Waals surface area contributed by atoms with Gasteiger partial charge in [-0.05, 0) is 33.3 Å². The van der Waals surface area contributed by atoms with Crippen molar-refractivity contribution in [1.29, 1.82) is 0 Å². The summed E-state index contributed by atoms with van der Waals surface area (Å²) in [6.07, 6.45) is -0.647. The number of hydrogen-bond donors (Lipinski definition) is 3. The summed E-state index contributed by atoms with van der Waals surface area (Å²) in [6.45, 7) is 6.99. The lowest BCUT2D eigenvalue weighted by Gasteiger charge is -2.20. The molecule has 0 fully saturated rings. The summed E-state index contributed by atoms with van der Waals surface area (Å²) in [4.78, 5) is 23.6. The van der Waals surface area contributed by atoms with E-state index in [0.29, 0.717) is 0 Å². The molecule has 0 heterocycles. The number of carbonyl (C=O) groups is 2. The fourth-order valence-electron chi connectivity index (χ4n) is 1.96. The molecule has 0 radical (unpaired) electrons. The van der Waals surface area contributed by atoms with Gasteiger partial charge in [0, 0.05) is 13.1 Å². The molecular formula is C16H24N2O6S. The van der Waals surface area contributed by atoms with E-state index in [0.717, 1.165) is 5.56 Å². The average molecular weight is 372 g/mol. The lowest BCUT2D eigenvalue weighted by molar-refractivity contribution is -0.120. The number of amides is 2. The maximum Gasteiger partial charge on any atom is 0.407 e. The first-order chi connectivity index (χ1) is 11.4. The zero-order chi connectivity index (χ0) is 19.3. The molecule has 2 amide bonds. The van der Waals surface area contributed by atoms with Crippen LogP contribution in [0.1, 0.15) is 37.1 Å². The highest BCUT2D eigenvalue weighted by Gasteiger charge is 2.32. The zero-order valence-corrected chi connectivity index (χ0v) is 15.5. The smallest absolute Gasteiger partial charge is 0.407 e. The molecule has 25 heavy (non-hydrogen) atoms. The Hall–Kier alpha value is -2.13. The molecule has 0 aliphatic carbocycles. The summed E-state index contributed by atoms with van der Waals surface area (Å²) in [7, 11) is -4.63. The van der Waals surface area contributed by atoms with E-state index < -0.39 is 33.0 Å². The number of aryl methyl sites for hydroxylation is 1. The van der Waals surface area contributed by atoms with Crippen molar-refractivity contribution < 1.29 is 27.3 Å². The van der Waals surface area contributed by atoms with Gasteiger partial charge < -0.3 is 15.4 Å². The van der Waals surface area contributed by atoms with Gasteiger partial charge >= 0.3 is 6.09 Å². The SMILES string of the molecule is Cc1ccc(C(C(=O)NCCNC(=O)OC(C)(C)C)S(=O)(=O)O)cc1. The number of nitrogens with one attached hydrogen (secondary N) is 2. The van der Waals surface area contributed by atoms with Crippen molar-refractivity contribution in [2.24, 2.45) is 0 Å². The van der Waals surface area contributed by atoms with Gasteiger partial charge in [-0.15, -0.1) is 0 Å². The third-order valence-corrected chi connectivity index (χ3v) is 4.09. The Labute approximate surface area is 147 Å². The van der Waals surface area contributed by atoms with E-state index in [1.54, 1.807) is 32.9 Å². The fraction of sp³-hybridized carbons (Fsp3) is 0.500. The number of carbonyl (C=O) groups excluding carboxylic acids is 2. The highest BCUT2D eigenvalue weighted by atomic mass is 32.2. The summed E-state index contributed by atoms with van der Waals surface area (Å²) < 4.78 is 37.5. The predicted molar refractivity (Wildman–Crippen MR) is 92.7 cm³/mol. The normalized spacial score (nSPS) is 13.0. The van der Waals surface area contributed by atoms with Crippen LogP contribution in [0.2, 0.25) is 0 Å². The van der Waals surface area contributed by atoms with E-state index in [9.17, 15) is 22.6 Å². The van der Waals surface area contributed by atoms with E-state index in [-0.39, 0.29) is 18.7 Å². The van der Waals surface area contributed by atoms with Gasteiger partial charge in [0.25, 0.3) is 10.1 Å². The predicted octanol–water partition coefficient (Wildman–Crippen LogP) is 1.56. The van der Waals surface area contributed by atoms with E-state index in [2.05, 4.69) is 10.6 Å². The van der Waals surface area contributed by atoms with Gasteiger partial charge in [-0.1, -0.05) is 29.8 Å².